The molecule has 1 aliphatic heterocycles. The summed E-state index contributed by atoms with van der Waals surface area (Å²) in [6.45, 7) is 3.87. The number of aromatic amines is 1. The fourth-order valence-corrected chi connectivity index (χ4v) is 4.20. The van der Waals surface area contributed by atoms with Crippen molar-refractivity contribution in [3.63, 3.8) is 0 Å². The lowest BCUT2D eigenvalue weighted by Gasteiger charge is -2.11. The average molecular weight is 308 g/mol. The van der Waals surface area contributed by atoms with E-state index in [0.29, 0.717) is 0 Å². The second-order valence-electron chi connectivity index (χ2n) is 5.27. The van der Waals surface area contributed by atoms with Gasteiger partial charge in [-0.3, -0.25) is 0 Å². The Labute approximate surface area is 128 Å². The fourth-order valence-electron chi connectivity index (χ4n) is 2.65. The Kier molecular flexibility index (Phi) is 4.36. The largest absolute Gasteiger partial charge is 0.491 e. The van der Waals surface area contributed by atoms with Crippen LogP contribution in [0.25, 0.3) is 11.0 Å². The Morgan fingerprint density at radius 3 is 3.15 bits per heavy atom. The summed E-state index contributed by atoms with van der Waals surface area (Å²) in [5.41, 5.74) is 2.21. The summed E-state index contributed by atoms with van der Waals surface area (Å²) in [7, 11) is 0. The van der Waals surface area contributed by atoms with Crippen LogP contribution in [-0.2, 0) is 6.54 Å². The number of rotatable bonds is 5. The molecule has 1 aromatic heterocycles. The van der Waals surface area contributed by atoms with Gasteiger partial charge < -0.3 is 14.3 Å². The number of H-pyrrole nitrogens is 1. The molecule has 1 saturated heterocycles. The molecule has 3 nitrogen and oxygen atoms in total. The van der Waals surface area contributed by atoms with Gasteiger partial charge in [0.1, 0.15) is 11.3 Å². The minimum Gasteiger partial charge on any atom is -0.491 e. The Morgan fingerprint density at radius 1 is 1.50 bits per heavy atom. The molecule has 5 heteroatoms. The van der Waals surface area contributed by atoms with Crippen molar-refractivity contribution in [2.45, 2.75) is 26.3 Å². The maximum atomic E-state index is 5.81. The minimum atomic E-state index is 0.740. The number of hydrogen-bond acceptors (Lipinski definition) is 3. The summed E-state index contributed by atoms with van der Waals surface area (Å²) in [5, 5.41) is 0. The van der Waals surface area contributed by atoms with Gasteiger partial charge in [0.05, 0.1) is 12.1 Å². The maximum absolute atomic E-state index is 5.81. The summed E-state index contributed by atoms with van der Waals surface area (Å²) in [4.78, 5) is 3.32. The van der Waals surface area contributed by atoms with Crippen LogP contribution in [0.3, 0.4) is 0 Å². The van der Waals surface area contributed by atoms with Crippen LogP contribution >= 0.6 is 24.0 Å². The zero-order valence-corrected chi connectivity index (χ0v) is 13.4. The Hall–Kier alpha value is -0.940. The van der Waals surface area contributed by atoms with Crippen LogP contribution < -0.4 is 4.74 Å². The third-order valence-corrected chi connectivity index (χ3v) is 5.25. The van der Waals surface area contributed by atoms with Gasteiger partial charge in [0, 0.05) is 6.54 Å². The standard InChI is InChI=1S/C15H20N2OS2/c1-2-7-18-13-5-3-4-12-14(13)16-15(19)17(12)9-11-6-8-20-10-11/h3-5,11H,2,6-10H2,1H3,(H,16,19). The van der Waals surface area contributed by atoms with Crippen molar-refractivity contribution in [3.8, 4) is 5.75 Å². The lowest BCUT2D eigenvalue weighted by atomic mass is 10.1. The zero-order valence-electron chi connectivity index (χ0n) is 11.7. The summed E-state index contributed by atoms with van der Waals surface area (Å²) in [6, 6.07) is 6.19. The topological polar surface area (TPSA) is 29.9 Å². The van der Waals surface area contributed by atoms with Crippen molar-refractivity contribution in [3.05, 3.63) is 23.0 Å². The van der Waals surface area contributed by atoms with Gasteiger partial charge >= 0.3 is 0 Å². The van der Waals surface area contributed by atoms with Crippen LogP contribution in [0.1, 0.15) is 19.8 Å². The third kappa shape index (κ3) is 2.74. The highest BCUT2D eigenvalue weighted by atomic mass is 32.2. The zero-order chi connectivity index (χ0) is 13.9. The van der Waals surface area contributed by atoms with E-state index in [1.165, 1.54) is 23.4 Å². The summed E-state index contributed by atoms with van der Waals surface area (Å²) >= 11 is 7.55. The van der Waals surface area contributed by atoms with E-state index in [4.69, 9.17) is 17.0 Å². The third-order valence-electron chi connectivity index (χ3n) is 3.70. The lowest BCUT2D eigenvalue weighted by Crippen LogP contribution is -2.09. The second-order valence-corrected chi connectivity index (χ2v) is 6.81. The van der Waals surface area contributed by atoms with E-state index in [-0.39, 0.29) is 0 Å². The van der Waals surface area contributed by atoms with E-state index >= 15 is 0 Å². The summed E-state index contributed by atoms with van der Waals surface area (Å²) < 4.78 is 8.86. The van der Waals surface area contributed by atoms with Crippen LogP contribution in [0.15, 0.2) is 18.2 Å². The van der Waals surface area contributed by atoms with Gasteiger partial charge in [-0.15, -0.1) is 0 Å². The summed E-state index contributed by atoms with van der Waals surface area (Å²) in [5.74, 6) is 4.19. The number of hydrogen-bond donors (Lipinski definition) is 1. The first-order valence-corrected chi connectivity index (χ1v) is 8.78. The molecule has 0 spiro atoms. The Balaban J connectivity index is 1.95. The van der Waals surface area contributed by atoms with Gasteiger partial charge in [-0.25, -0.2) is 0 Å². The number of nitrogens with one attached hydrogen (secondary N) is 1. The van der Waals surface area contributed by atoms with Crippen molar-refractivity contribution < 1.29 is 4.74 Å². The molecule has 2 heterocycles. The first kappa shape index (κ1) is 14.0. The van der Waals surface area contributed by atoms with E-state index in [9.17, 15) is 0 Å². The highest BCUT2D eigenvalue weighted by Gasteiger charge is 2.18. The number of benzene rings is 1. The molecular formula is C15H20N2OS2. The number of thioether (sulfide) groups is 1. The van der Waals surface area contributed by atoms with E-state index < -0.39 is 0 Å². The number of fused-ring (bicyclic) bond motifs is 1. The van der Waals surface area contributed by atoms with Crippen LogP contribution in [0.2, 0.25) is 0 Å². The quantitative estimate of drug-likeness (QED) is 0.838. The van der Waals surface area contributed by atoms with E-state index in [2.05, 4.69) is 28.6 Å². The van der Waals surface area contributed by atoms with Crippen LogP contribution in [0.4, 0.5) is 0 Å². The monoisotopic (exact) mass is 308 g/mol. The predicted octanol–water partition coefficient (Wildman–Crippen LogP) is 4.24. The van der Waals surface area contributed by atoms with Crippen molar-refractivity contribution in [1.82, 2.24) is 9.55 Å². The predicted molar refractivity (Wildman–Crippen MR) is 88.3 cm³/mol. The molecule has 0 amide bonds. The smallest absolute Gasteiger partial charge is 0.178 e. The molecule has 1 unspecified atom stereocenters. The molecule has 1 atom stereocenters. The Bertz CT molecular complexity index is 641. The molecule has 0 bridgehead atoms. The maximum Gasteiger partial charge on any atom is 0.178 e. The highest BCUT2D eigenvalue weighted by Crippen LogP contribution is 2.29. The van der Waals surface area contributed by atoms with Crippen LogP contribution in [-0.4, -0.2) is 27.7 Å². The number of aromatic nitrogens is 2. The molecule has 108 valence electrons. The van der Waals surface area contributed by atoms with Crippen LogP contribution in [0, 0.1) is 10.7 Å². The molecule has 0 aliphatic carbocycles. The molecule has 0 saturated carbocycles. The van der Waals surface area contributed by atoms with Gasteiger partial charge in [0.2, 0.25) is 0 Å². The number of para-hydroxylation sites is 1. The SMILES string of the molecule is CCCOc1cccc2c1[nH]c(=S)n2CC1CCSC1. The molecule has 1 aromatic carbocycles. The lowest BCUT2D eigenvalue weighted by molar-refractivity contribution is 0.320. The van der Waals surface area contributed by atoms with Gasteiger partial charge in [0.25, 0.3) is 0 Å². The van der Waals surface area contributed by atoms with Gasteiger partial charge in [-0.1, -0.05) is 13.0 Å². The minimum absolute atomic E-state index is 0.740. The van der Waals surface area contributed by atoms with Crippen LogP contribution in [0.5, 0.6) is 5.75 Å². The van der Waals surface area contributed by atoms with Crippen molar-refractivity contribution >= 4 is 35.0 Å². The van der Waals surface area contributed by atoms with Crippen molar-refractivity contribution in [1.29, 1.82) is 0 Å². The van der Waals surface area contributed by atoms with E-state index in [1.54, 1.807) is 0 Å². The van der Waals surface area contributed by atoms with E-state index in [1.807, 2.05) is 17.8 Å². The molecule has 1 aliphatic rings. The Morgan fingerprint density at radius 2 is 2.40 bits per heavy atom. The normalized spacial score (nSPS) is 18.8. The fraction of sp³-hybridized carbons (Fsp3) is 0.533. The molecule has 20 heavy (non-hydrogen) atoms. The second kappa shape index (κ2) is 6.22. The average Bonchev–Trinajstić information content (AvgIpc) is 3.06. The molecule has 1 fully saturated rings. The van der Waals surface area contributed by atoms with E-state index in [0.717, 1.165) is 41.5 Å². The first-order valence-electron chi connectivity index (χ1n) is 7.21. The van der Waals surface area contributed by atoms with Gasteiger partial charge in [-0.05, 0) is 54.6 Å². The summed E-state index contributed by atoms with van der Waals surface area (Å²) in [6.07, 6.45) is 2.31. The first-order chi connectivity index (χ1) is 9.79. The number of imidazole rings is 1. The molecule has 1 N–H and O–H groups in total. The molecule has 3 rings (SSSR count). The molecular weight excluding hydrogens is 288 g/mol. The number of ether oxygens (including phenoxy) is 1. The van der Waals surface area contributed by atoms with Crippen molar-refractivity contribution in [2.75, 3.05) is 18.1 Å². The van der Waals surface area contributed by atoms with Crippen molar-refractivity contribution in [2.24, 2.45) is 5.92 Å². The van der Waals surface area contributed by atoms with Gasteiger partial charge in [0.15, 0.2) is 4.77 Å². The highest BCUT2D eigenvalue weighted by molar-refractivity contribution is 7.99. The molecule has 0 radical (unpaired) electrons. The van der Waals surface area contributed by atoms with Gasteiger partial charge in [-0.2, -0.15) is 11.8 Å². The molecule has 2 aromatic rings. The number of nitrogens with zero attached hydrogens (tertiary/aromatic N) is 1.